The normalized spacial score (nSPS) is 11.9. The fourth-order valence-corrected chi connectivity index (χ4v) is 2.73. The number of fused-ring (bicyclic) bond motifs is 1. The summed E-state index contributed by atoms with van der Waals surface area (Å²) in [6.45, 7) is 0. The molecule has 0 heterocycles. The molecule has 3 aromatic carbocycles. The van der Waals surface area contributed by atoms with E-state index < -0.39 is 12.1 Å². The molecule has 1 amide bonds. The molecule has 1 atom stereocenters. The van der Waals surface area contributed by atoms with Gasteiger partial charge in [0, 0.05) is 5.56 Å². The second-order valence-electron chi connectivity index (χ2n) is 5.20. The Morgan fingerprint density at radius 2 is 1.70 bits per heavy atom. The summed E-state index contributed by atoms with van der Waals surface area (Å²) in [6, 6.07) is 20.2. The van der Waals surface area contributed by atoms with Gasteiger partial charge < -0.3 is 15.2 Å². The van der Waals surface area contributed by atoms with Gasteiger partial charge in [0.1, 0.15) is 5.75 Å². The van der Waals surface area contributed by atoms with Crippen LogP contribution in [-0.2, 0) is 4.74 Å². The predicted molar refractivity (Wildman–Crippen MR) is 89.4 cm³/mol. The van der Waals surface area contributed by atoms with Gasteiger partial charge in [0.2, 0.25) is 0 Å². The maximum Gasteiger partial charge on any atom is 0.407 e. The number of alkyl carbamates (subject to hydrolysis) is 1. The van der Waals surface area contributed by atoms with E-state index in [0.717, 1.165) is 16.3 Å². The first-order chi connectivity index (χ1) is 11.2. The van der Waals surface area contributed by atoms with Gasteiger partial charge >= 0.3 is 6.09 Å². The van der Waals surface area contributed by atoms with Crippen LogP contribution in [0.4, 0.5) is 4.79 Å². The van der Waals surface area contributed by atoms with E-state index in [9.17, 15) is 9.90 Å². The van der Waals surface area contributed by atoms with E-state index >= 15 is 0 Å². The van der Waals surface area contributed by atoms with Crippen LogP contribution >= 0.6 is 0 Å². The molecule has 4 nitrogen and oxygen atoms in total. The number of phenols is 1. The third kappa shape index (κ3) is 2.97. The zero-order valence-corrected chi connectivity index (χ0v) is 12.7. The molecule has 0 fully saturated rings. The van der Waals surface area contributed by atoms with Gasteiger partial charge in [-0.1, -0.05) is 60.7 Å². The van der Waals surface area contributed by atoms with Crippen molar-refractivity contribution in [2.75, 3.05) is 7.11 Å². The molecule has 4 heteroatoms. The zero-order chi connectivity index (χ0) is 16.2. The highest BCUT2D eigenvalue weighted by Gasteiger charge is 2.22. The zero-order valence-electron chi connectivity index (χ0n) is 12.7. The van der Waals surface area contributed by atoms with Crippen molar-refractivity contribution in [3.05, 3.63) is 77.9 Å². The van der Waals surface area contributed by atoms with E-state index in [4.69, 9.17) is 4.74 Å². The van der Waals surface area contributed by atoms with Crippen LogP contribution in [0.15, 0.2) is 66.7 Å². The van der Waals surface area contributed by atoms with Gasteiger partial charge in [0.25, 0.3) is 0 Å². The number of carbonyl (C=O) groups excluding carboxylic acids is 1. The lowest BCUT2D eigenvalue weighted by atomic mass is 9.93. The van der Waals surface area contributed by atoms with Gasteiger partial charge in [-0.2, -0.15) is 0 Å². The van der Waals surface area contributed by atoms with E-state index in [1.165, 1.54) is 7.11 Å². The highest BCUT2D eigenvalue weighted by atomic mass is 16.5. The van der Waals surface area contributed by atoms with Gasteiger partial charge in [0.15, 0.2) is 0 Å². The molecule has 0 aliphatic heterocycles. The number of ether oxygens (including phenoxy) is 1. The van der Waals surface area contributed by atoms with Gasteiger partial charge in [-0.15, -0.1) is 0 Å². The van der Waals surface area contributed by atoms with Crippen molar-refractivity contribution in [2.45, 2.75) is 6.04 Å². The number of hydrogen-bond acceptors (Lipinski definition) is 3. The van der Waals surface area contributed by atoms with Crippen molar-refractivity contribution in [1.82, 2.24) is 5.32 Å². The van der Waals surface area contributed by atoms with Crippen molar-refractivity contribution < 1.29 is 14.6 Å². The van der Waals surface area contributed by atoms with Crippen molar-refractivity contribution >= 4 is 16.9 Å². The summed E-state index contributed by atoms with van der Waals surface area (Å²) in [4.78, 5) is 11.8. The fourth-order valence-electron chi connectivity index (χ4n) is 2.73. The van der Waals surface area contributed by atoms with Crippen LogP contribution in [0.3, 0.4) is 0 Å². The summed E-state index contributed by atoms with van der Waals surface area (Å²) in [5, 5.41) is 15.1. The molecule has 0 saturated heterocycles. The number of amides is 1. The lowest BCUT2D eigenvalue weighted by Crippen LogP contribution is -2.29. The molecule has 0 saturated carbocycles. The van der Waals surface area contributed by atoms with Gasteiger partial charge in [-0.25, -0.2) is 4.79 Å². The summed E-state index contributed by atoms with van der Waals surface area (Å²) < 4.78 is 4.74. The van der Waals surface area contributed by atoms with E-state index in [1.807, 2.05) is 60.7 Å². The molecular formula is C19H17NO3. The Hall–Kier alpha value is -3.01. The highest BCUT2D eigenvalue weighted by molar-refractivity contribution is 5.89. The number of carbonyl (C=O) groups is 1. The number of phenolic OH excluding ortho intramolecular Hbond substituents is 1. The Balaban J connectivity index is 2.21. The summed E-state index contributed by atoms with van der Waals surface area (Å²) in [6.07, 6.45) is -0.550. The molecule has 0 bridgehead atoms. The third-order valence-corrected chi connectivity index (χ3v) is 3.82. The first-order valence-corrected chi connectivity index (χ1v) is 7.30. The number of rotatable bonds is 3. The Morgan fingerprint density at radius 3 is 2.43 bits per heavy atom. The minimum atomic E-state index is -0.550. The quantitative estimate of drug-likeness (QED) is 0.769. The van der Waals surface area contributed by atoms with Crippen LogP contribution in [0, 0.1) is 0 Å². The van der Waals surface area contributed by atoms with E-state index in [1.54, 1.807) is 6.07 Å². The molecule has 2 N–H and O–H groups in total. The topological polar surface area (TPSA) is 58.6 Å². The molecule has 0 aromatic heterocycles. The van der Waals surface area contributed by atoms with Crippen LogP contribution in [0.1, 0.15) is 17.2 Å². The number of aromatic hydroxyl groups is 1. The molecule has 0 spiro atoms. The Bertz CT molecular complexity index is 830. The van der Waals surface area contributed by atoms with Crippen LogP contribution in [0.25, 0.3) is 10.8 Å². The van der Waals surface area contributed by atoms with Crippen LogP contribution < -0.4 is 5.32 Å². The van der Waals surface area contributed by atoms with Crippen molar-refractivity contribution in [3.63, 3.8) is 0 Å². The number of nitrogens with one attached hydrogen (secondary N) is 1. The Morgan fingerprint density at radius 1 is 1.00 bits per heavy atom. The minimum Gasteiger partial charge on any atom is -0.508 e. The lowest BCUT2D eigenvalue weighted by Gasteiger charge is -2.21. The smallest absolute Gasteiger partial charge is 0.407 e. The summed E-state index contributed by atoms with van der Waals surface area (Å²) in [5.74, 6) is 0.133. The average molecular weight is 307 g/mol. The molecule has 23 heavy (non-hydrogen) atoms. The summed E-state index contributed by atoms with van der Waals surface area (Å²) in [7, 11) is 1.32. The maximum absolute atomic E-state index is 11.8. The van der Waals surface area contributed by atoms with Crippen molar-refractivity contribution in [2.24, 2.45) is 0 Å². The standard InChI is InChI=1S/C19H17NO3/c1-23-19(22)20-18(14-8-3-2-4-9-14)17-15-10-6-5-7-13(15)11-12-16(17)21/h2-12,18,21H,1H3,(H,20,22). The molecule has 0 aliphatic carbocycles. The molecule has 1 unspecified atom stereocenters. The predicted octanol–water partition coefficient (Wildman–Crippen LogP) is 3.99. The van der Waals surface area contributed by atoms with E-state index in [-0.39, 0.29) is 5.75 Å². The van der Waals surface area contributed by atoms with Gasteiger partial charge in [-0.05, 0) is 22.4 Å². The highest BCUT2D eigenvalue weighted by Crippen LogP contribution is 2.35. The first-order valence-electron chi connectivity index (χ1n) is 7.30. The monoisotopic (exact) mass is 307 g/mol. The van der Waals surface area contributed by atoms with E-state index in [2.05, 4.69) is 5.32 Å². The summed E-state index contributed by atoms with van der Waals surface area (Å²) >= 11 is 0. The van der Waals surface area contributed by atoms with Crippen molar-refractivity contribution in [1.29, 1.82) is 0 Å². The fraction of sp³-hybridized carbons (Fsp3) is 0.105. The number of methoxy groups -OCH3 is 1. The Labute approximate surface area is 134 Å². The average Bonchev–Trinajstić information content (AvgIpc) is 2.60. The third-order valence-electron chi connectivity index (χ3n) is 3.82. The van der Waals surface area contributed by atoms with Crippen molar-refractivity contribution in [3.8, 4) is 5.75 Å². The van der Waals surface area contributed by atoms with Gasteiger partial charge in [-0.3, -0.25) is 0 Å². The molecular weight excluding hydrogens is 290 g/mol. The second-order valence-corrected chi connectivity index (χ2v) is 5.20. The van der Waals surface area contributed by atoms with E-state index in [0.29, 0.717) is 5.56 Å². The van der Waals surface area contributed by atoms with Crippen LogP contribution in [0.5, 0.6) is 5.75 Å². The molecule has 3 rings (SSSR count). The van der Waals surface area contributed by atoms with Gasteiger partial charge in [0.05, 0.1) is 13.2 Å². The number of benzene rings is 3. The molecule has 116 valence electrons. The number of hydrogen-bond donors (Lipinski definition) is 2. The molecule has 0 aliphatic rings. The first kappa shape index (κ1) is 14.9. The van der Waals surface area contributed by atoms with Crippen LogP contribution in [-0.4, -0.2) is 18.3 Å². The minimum absolute atomic E-state index is 0.133. The molecule has 0 radical (unpaired) electrons. The SMILES string of the molecule is COC(=O)NC(c1ccccc1)c1c(O)ccc2ccccc12. The maximum atomic E-state index is 11.8. The molecule has 3 aromatic rings. The van der Waals surface area contributed by atoms with Crippen LogP contribution in [0.2, 0.25) is 0 Å². The summed E-state index contributed by atoms with van der Waals surface area (Å²) in [5.41, 5.74) is 1.52. The lowest BCUT2D eigenvalue weighted by molar-refractivity contribution is 0.168. The largest absolute Gasteiger partial charge is 0.508 e. The second kappa shape index (κ2) is 6.40. The Kier molecular flexibility index (Phi) is 4.15.